The molecule has 150 heavy (non-hydrogen) atoms. The zero-order chi connectivity index (χ0) is 108. The quantitative estimate of drug-likeness (QED) is 0.00751. The summed E-state index contributed by atoms with van der Waals surface area (Å²) < 4.78 is 5.10. The molecule has 0 radical (unpaired) electrons. The molecule has 6 heterocycles. The molecular formula is C107H122N18O25. The van der Waals surface area contributed by atoms with E-state index in [1.54, 1.807) is 133 Å². The van der Waals surface area contributed by atoms with Crippen molar-refractivity contribution in [2.24, 2.45) is 11.7 Å². The molecule has 8 aromatic carbocycles. The number of hydrogen-bond acceptors (Lipinski definition) is 31. The number of aromatic nitrogens is 2. The molecule has 5 fully saturated rings. The van der Waals surface area contributed by atoms with Crippen molar-refractivity contribution < 1.29 is 120 Å². The van der Waals surface area contributed by atoms with Gasteiger partial charge in [0.2, 0.25) is 6.10 Å². The van der Waals surface area contributed by atoms with Crippen molar-refractivity contribution in [2.45, 2.75) is 158 Å². The molecule has 2 aromatic heterocycles. The van der Waals surface area contributed by atoms with Crippen LogP contribution < -0.4 is 48.3 Å². The highest BCUT2D eigenvalue weighted by molar-refractivity contribution is 6.16. The zero-order valence-electron chi connectivity index (χ0n) is 84.6. The number of fused-ring (bicyclic) bond motifs is 5. The average Bonchev–Trinajstić information content (AvgIpc) is 1.66. The summed E-state index contributed by atoms with van der Waals surface area (Å²) in [4.78, 5) is 274. The Bertz CT molecular complexity index is 6520. The van der Waals surface area contributed by atoms with Crippen LogP contribution >= 0.6 is 0 Å². The summed E-state index contributed by atoms with van der Waals surface area (Å²) in [7, 11) is 0. The van der Waals surface area contributed by atoms with E-state index in [9.17, 15) is 95.9 Å². The number of carbonyl (C=O) groups is 20. The predicted molar refractivity (Wildman–Crippen MR) is 553 cm³/mol. The standard InChI is InChI=1S/C24H27NO5.2C22H26N4O5.C21H25N5O5.C18H18N4O5/c1-3-15(4-2)6-5-7-20(26)19-11-8-16-14-17(9-10-18(16)25-19)24(29)30-23-21(27)12-13-22(23)28;1-3-25(4-2)12-11-23-21(29)16-6-5-15-7-8-18(14-17(15)13-16)24-22(30)31-26-19(27)9-10-20(26)28;1-3-25(4-2)14-13-23-21(29)20-16-8-6-5-7-15(16)9-10-17(20)24-22(30)31-26-18(27)11-12-19(26)28;1-3-25(4-2)10-9-22-20(29)15-11-14-12-16(5-6-17(14)23-13-15)24-21(30)31-26-18(27)7-8-19(26)28;19-7-8-20-17(25)14-10-12(9-11-3-1-2-4-13(11)14)21-18(26)27-22-15(23)5-6-16(22)24/h8-11,14-15,23H,3-7,12-13H2,1-2H3;5-8,13-14H,3-4,9-12H2,1-2H3,(H,23,29)(H,24,30);5-10H,3-4,11-14H2,1-2H3,(H,23,29)(H,24,30);5-6,11-13H,3-4,7-10H2,1-2H3,(H,22,29)(H,24,30);1-4,9-10H,5-8,19H2,(H,20,25)(H,21,26). The van der Waals surface area contributed by atoms with Crippen molar-refractivity contribution in [3.63, 3.8) is 0 Å². The second kappa shape index (κ2) is 55.7. The molecule has 10 N–H and O–H groups in total. The number of amides is 16. The van der Waals surface area contributed by atoms with Crippen LogP contribution in [-0.4, -0.2) is 261 Å². The first-order valence-electron chi connectivity index (χ1n) is 49.8. The van der Waals surface area contributed by atoms with Crippen LogP contribution in [0.5, 0.6) is 0 Å². The number of pyridine rings is 2. The van der Waals surface area contributed by atoms with Crippen molar-refractivity contribution >= 4 is 195 Å². The molecule has 5 aliphatic rings. The van der Waals surface area contributed by atoms with E-state index in [1.807, 2.05) is 18.2 Å². The molecule has 43 nitrogen and oxygen atoms in total. The Balaban J connectivity index is 0.000000178. The van der Waals surface area contributed by atoms with Crippen LogP contribution in [0.3, 0.4) is 0 Å². The van der Waals surface area contributed by atoms with E-state index in [0.29, 0.717) is 138 Å². The predicted octanol–water partition coefficient (Wildman–Crippen LogP) is 12.6. The van der Waals surface area contributed by atoms with E-state index in [4.69, 9.17) is 29.8 Å². The van der Waals surface area contributed by atoms with Gasteiger partial charge >= 0.3 is 30.3 Å². The molecule has 790 valence electrons. The molecule has 15 rings (SSSR count). The minimum atomic E-state index is -1.29. The Hall–Kier alpha value is -16.8. The summed E-state index contributed by atoms with van der Waals surface area (Å²) in [6.07, 6.45) is 1.30. The van der Waals surface area contributed by atoms with Gasteiger partial charge in [0, 0.05) is 168 Å². The maximum Gasteiger partial charge on any atom is 0.436 e. The van der Waals surface area contributed by atoms with Crippen LogP contribution in [0.15, 0.2) is 170 Å². The molecule has 1 saturated carbocycles. The molecule has 16 amide bonds. The number of imide groups is 4. The Morgan fingerprint density at radius 1 is 0.380 bits per heavy atom. The van der Waals surface area contributed by atoms with Crippen molar-refractivity contribution in [1.29, 1.82) is 0 Å². The van der Waals surface area contributed by atoms with E-state index in [0.717, 1.165) is 99.6 Å². The summed E-state index contributed by atoms with van der Waals surface area (Å²) in [6, 6.07) is 46.3. The summed E-state index contributed by atoms with van der Waals surface area (Å²) >= 11 is 0. The summed E-state index contributed by atoms with van der Waals surface area (Å²) in [5, 5.41) is 29.0. The molecular weight excluding hydrogens is 1940 g/mol. The van der Waals surface area contributed by atoms with E-state index in [2.05, 4.69) is 123 Å². The number of nitrogens with zero attached hydrogens (tertiary/aromatic N) is 9. The highest BCUT2D eigenvalue weighted by Crippen LogP contribution is 2.32. The minimum absolute atomic E-state index is 0.00226. The third-order valence-electron chi connectivity index (χ3n) is 25.1. The Kier molecular flexibility index (Phi) is 42.1. The SMILES string of the molecule is CCC(CC)CCCC(=O)c1ccc2cc(C(=O)OC3C(=O)CCC3=O)ccc2n1.CCN(CC)CCNC(=O)c1c(NC(=O)ON2C(=O)CCC2=O)ccc2ccccc12.CCN(CC)CCNC(=O)c1ccc2ccc(NC(=O)ON3C(=O)CCC3=O)cc2c1.CCN(CC)CCNC(=O)c1cnc2ccc(NC(=O)ON3C(=O)CCC3=O)cc2c1.NCCNC(=O)c1cc(NC(=O)ON2C(=O)CCC2=O)cc2ccccc12. The van der Waals surface area contributed by atoms with E-state index in [-0.39, 0.29) is 128 Å². The minimum Gasteiger partial charge on any atom is -0.443 e. The molecule has 0 atom stereocenters. The van der Waals surface area contributed by atoms with Gasteiger partial charge in [0.25, 0.3) is 70.9 Å². The number of ketones is 3. The van der Waals surface area contributed by atoms with Crippen LogP contribution in [0.2, 0.25) is 0 Å². The van der Waals surface area contributed by atoms with E-state index >= 15 is 0 Å². The van der Waals surface area contributed by atoms with Gasteiger partial charge in [-0.3, -0.25) is 98.2 Å². The third kappa shape index (κ3) is 31.6. The first-order valence-corrected chi connectivity index (χ1v) is 49.8. The van der Waals surface area contributed by atoms with Crippen LogP contribution in [0, 0.1) is 5.92 Å². The van der Waals surface area contributed by atoms with Crippen LogP contribution in [-0.2, 0) is 72.0 Å². The zero-order valence-corrected chi connectivity index (χ0v) is 84.6. The number of Topliss-reactive ketones (excluding diaryl/α,β-unsaturated/α-hetero) is 3. The first-order chi connectivity index (χ1) is 72.2. The second-order valence-electron chi connectivity index (χ2n) is 34.9. The Morgan fingerprint density at radius 2 is 0.793 bits per heavy atom. The topological polar surface area (TPSA) is 558 Å². The number of anilines is 4. The lowest BCUT2D eigenvalue weighted by Gasteiger charge is -2.19. The maximum atomic E-state index is 13.0. The van der Waals surface area contributed by atoms with E-state index < -0.39 is 83.7 Å². The maximum absolute atomic E-state index is 13.0. The largest absolute Gasteiger partial charge is 0.443 e. The van der Waals surface area contributed by atoms with Gasteiger partial charge in [-0.15, -0.1) is 20.3 Å². The number of rotatable bonds is 38. The fourth-order valence-electron chi connectivity index (χ4n) is 16.5. The van der Waals surface area contributed by atoms with Crippen LogP contribution in [0.4, 0.5) is 41.9 Å². The van der Waals surface area contributed by atoms with Gasteiger partial charge in [0.15, 0.2) is 17.3 Å². The molecule has 43 heteroatoms. The van der Waals surface area contributed by atoms with Gasteiger partial charge in [-0.25, -0.2) is 29.0 Å². The number of hydrogen-bond donors (Lipinski definition) is 9. The molecule has 1 aliphatic carbocycles. The Labute approximate surface area is 863 Å². The number of likely N-dealkylation sites (N-methyl/N-ethyl adjacent to an activating group) is 3. The second-order valence-corrected chi connectivity index (χ2v) is 34.9. The number of carbonyl (C=O) groups excluding carboxylic acids is 20. The fraction of sp³-hybridized carbons (Fsp3) is 0.364. The number of hydroxylamine groups is 8. The van der Waals surface area contributed by atoms with Crippen molar-refractivity contribution in [1.82, 2.24) is 66.2 Å². The molecule has 10 aromatic rings. The lowest BCUT2D eigenvalue weighted by molar-refractivity contribution is -0.171. The third-order valence-corrected chi connectivity index (χ3v) is 25.1. The first kappa shape index (κ1) is 114. The van der Waals surface area contributed by atoms with Crippen LogP contribution in [0.25, 0.3) is 54.1 Å². The van der Waals surface area contributed by atoms with Gasteiger partial charge < -0.3 is 65.8 Å². The fourth-order valence-corrected chi connectivity index (χ4v) is 16.5. The molecule has 4 aliphatic heterocycles. The summed E-state index contributed by atoms with van der Waals surface area (Å²) in [5.74, 6) is -6.33. The molecule has 4 saturated heterocycles. The number of benzene rings is 8. The summed E-state index contributed by atoms with van der Waals surface area (Å²) in [6.45, 7) is 26.6. The highest BCUT2D eigenvalue weighted by atomic mass is 16.8. The number of ether oxygens (including phenoxy) is 1. The molecule has 0 unspecified atom stereocenters. The number of esters is 1. The van der Waals surface area contributed by atoms with Crippen LogP contribution in [0.1, 0.15) is 214 Å². The average molecular weight is 2060 g/mol. The lowest BCUT2D eigenvalue weighted by Crippen LogP contribution is -2.36. The van der Waals surface area contributed by atoms with Gasteiger partial charge in [0.05, 0.1) is 33.4 Å². The van der Waals surface area contributed by atoms with Crippen molar-refractivity contribution in [3.8, 4) is 0 Å². The highest BCUT2D eigenvalue weighted by Gasteiger charge is 2.39. The number of nitrogens with two attached hydrogens (primary N) is 1. The Morgan fingerprint density at radius 3 is 1.31 bits per heavy atom. The van der Waals surface area contributed by atoms with Gasteiger partial charge in [-0.2, -0.15) is 0 Å². The monoisotopic (exact) mass is 2060 g/mol. The lowest BCUT2D eigenvalue weighted by atomic mass is 9.95. The van der Waals surface area contributed by atoms with Crippen molar-refractivity contribution in [3.05, 3.63) is 203 Å². The van der Waals surface area contributed by atoms with Gasteiger partial charge in [-0.05, 0) is 175 Å². The summed E-state index contributed by atoms with van der Waals surface area (Å²) in [5.41, 5.74) is 10.2. The van der Waals surface area contributed by atoms with Gasteiger partial charge in [0.1, 0.15) is 5.69 Å². The van der Waals surface area contributed by atoms with E-state index in [1.165, 1.54) is 18.3 Å². The van der Waals surface area contributed by atoms with Gasteiger partial charge in [-0.1, -0.05) is 147 Å². The number of nitrogens with one attached hydrogen (secondary N) is 8. The molecule has 0 bridgehead atoms. The van der Waals surface area contributed by atoms with Crippen molar-refractivity contribution in [2.75, 3.05) is 113 Å². The smallest absolute Gasteiger partial charge is 0.436 e. The molecule has 0 spiro atoms. The normalized spacial score (nSPS) is 13.9.